The van der Waals surface area contributed by atoms with Crippen LogP contribution in [0.5, 0.6) is 11.5 Å². The number of anilines is 1. The van der Waals surface area contributed by atoms with E-state index in [1.807, 2.05) is 6.92 Å². The molecule has 6 nitrogen and oxygen atoms in total. The Bertz CT molecular complexity index is 807. The van der Waals surface area contributed by atoms with E-state index in [2.05, 4.69) is 5.32 Å². The summed E-state index contributed by atoms with van der Waals surface area (Å²) in [5.74, 6) is 0.103. The molecule has 2 aromatic rings. The predicted octanol–water partition coefficient (Wildman–Crippen LogP) is 3.39. The number of esters is 1. The van der Waals surface area contributed by atoms with Crippen LogP contribution in [0.2, 0.25) is 5.02 Å². The average molecular weight is 378 g/mol. The second kappa shape index (κ2) is 9.10. The van der Waals surface area contributed by atoms with Crippen LogP contribution >= 0.6 is 11.6 Å². The number of ether oxygens (including phenoxy) is 3. The first-order valence-electron chi connectivity index (χ1n) is 7.85. The van der Waals surface area contributed by atoms with Crippen LogP contribution in [0.4, 0.5) is 5.69 Å². The van der Waals surface area contributed by atoms with Crippen molar-refractivity contribution >= 4 is 29.2 Å². The third-order valence-corrected chi connectivity index (χ3v) is 4.01. The highest BCUT2D eigenvalue weighted by Crippen LogP contribution is 2.30. The Labute approximate surface area is 157 Å². The standard InChI is InChI=1S/C19H20ClNO5/c1-12-7-16(17(25-3)10-15(12)20)21-18(22)11-26-19(23)9-13-5-4-6-14(8-13)24-2/h4-8,10H,9,11H2,1-3H3,(H,21,22). The predicted molar refractivity (Wildman–Crippen MR) is 99.0 cm³/mol. The Morgan fingerprint density at radius 3 is 2.58 bits per heavy atom. The lowest BCUT2D eigenvalue weighted by Gasteiger charge is -2.12. The van der Waals surface area contributed by atoms with E-state index in [0.29, 0.717) is 22.2 Å². The molecule has 0 fully saturated rings. The first kappa shape index (κ1) is 19.6. The second-order valence-corrected chi connectivity index (χ2v) is 5.95. The van der Waals surface area contributed by atoms with Gasteiger partial charge in [0.15, 0.2) is 6.61 Å². The molecular formula is C19H20ClNO5. The smallest absolute Gasteiger partial charge is 0.310 e. The van der Waals surface area contributed by atoms with Crippen molar-refractivity contribution in [1.29, 1.82) is 0 Å². The van der Waals surface area contributed by atoms with Crippen molar-refractivity contribution in [2.45, 2.75) is 13.3 Å². The quantitative estimate of drug-likeness (QED) is 0.749. The molecule has 1 N–H and O–H groups in total. The van der Waals surface area contributed by atoms with Crippen LogP contribution in [0.25, 0.3) is 0 Å². The first-order valence-corrected chi connectivity index (χ1v) is 8.23. The Balaban J connectivity index is 1.90. The zero-order chi connectivity index (χ0) is 19.1. The zero-order valence-corrected chi connectivity index (χ0v) is 15.6. The van der Waals surface area contributed by atoms with Crippen LogP contribution < -0.4 is 14.8 Å². The van der Waals surface area contributed by atoms with Gasteiger partial charge < -0.3 is 19.5 Å². The first-order chi connectivity index (χ1) is 12.4. The highest BCUT2D eigenvalue weighted by Gasteiger charge is 2.13. The summed E-state index contributed by atoms with van der Waals surface area (Å²) in [6, 6.07) is 10.4. The number of carbonyl (C=O) groups is 2. The fraction of sp³-hybridized carbons (Fsp3) is 0.263. The lowest BCUT2D eigenvalue weighted by Crippen LogP contribution is -2.22. The number of nitrogens with one attached hydrogen (secondary N) is 1. The van der Waals surface area contributed by atoms with Crippen LogP contribution in [0.3, 0.4) is 0 Å². The number of rotatable bonds is 7. The van der Waals surface area contributed by atoms with E-state index >= 15 is 0 Å². The number of hydrogen-bond donors (Lipinski definition) is 1. The molecule has 0 unspecified atom stereocenters. The maximum Gasteiger partial charge on any atom is 0.310 e. The lowest BCUT2D eigenvalue weighted by atomic mass is 10.1. The molecule has 0 radical (unpaired) electrons. The highest BCUT2D eigenvalue weighted by atomic mass is 35.5. The maximum atomic E-state index is 12.0. The van der Waals surface area contributed by atoms with E-state index in [4.69, 9.17) is 25.8 Å². The van der Waals surface area contributed by atoms with Crippen molar-refractivity contribution in [3.8, 4) is 11.5 Å². The lowest BCUT2D eigenvalue weighted by molar-refractivity contribution is -0.146. The molecule has 0 aliphatic heterocycles. The highest BCUT2D eigenvalue weighted by molar-refractivity contribution is 6.31. The van der Waals surface area contributed by atoms with Crippen LogP contribution in [-0.2, 0) is 20.7 Å². The molecule has 0 heterocycles. The van der Waals surface area contributed by atoms with Gasteiger partial charge in [-0.25, -0.2) is 0 Å². The molecule has 0 spiro atoms. The number of benzene rings is 2. The van der Waals surface area contributed by atoms with Crippen molar-refractivity contribution < 1.29 is 23.8 Å². The largest absolute Gasteiger partial charge is 0.497 e. The van der Waals surface area contributed by atoms with Gasteiger partial charge in [0.05, 0.1) is 26.3 Å². The van der Waals surface area contributed by atoms with E-state index in [-0.39, 0.29) is 6.42 Å². The zero-order valence-electron chi connectivity index (χ0n) is 14.8. The van der Waals surface area contributed by atoms with Gasteiger partial charge in [-0.2, -0.15) is 0 Å². The van der Waals surface area contributed by atoms with Gasteiger partial charge in [0.25, 0.3) is 5.91 Å². The maximum absolute atomic E-state index is 12.0. The van der Waals surface area contributed by atoms with Gasteiger partial charge in [-0.05, 0) is 36.2 Å². The van der Waals surface area contributed by atoms with Crippen LogP contribution in [0, 0.1) is 6.92 Å². The van der Waals surface area contributed by atoms with Gasteiger partial charge in [0.1, 0.15) is 11.5 Å². The molecule has 0 aliphatic rings. The number of carbonyl (C=O) groups excluding carboxylic acids is 2. The van der Waals surface area contributed by atoms with Crippen molar-refractivity contribution in [3.05, 3.63) is 52.5 Å². The van der Waals surface area contributed by atoms with Crippen LogP contribution in [-0.4, -0.2) is 32.7 Å². The van der Waals surface area contributed by atoms with E-state index < -0.39 is 18.5 Å². The molecule has 2 aromatic carbocycles. The summed E-state index contributed by atoms with van der Waals surface area (Å²) < 4.78 is 15.3. The summed E-state index contributed by atoms with van der Waals surface area (Å²) in [4.78, 5) is 23.9. The van der Waals surface area contributed by atoms with E-state index in [9.17, 15) is 9.59 Å². The topological polar surface area (TPSA) is 73.9 Å². The van der Waals surface area contributed by atoms with Gasteiger partial charge in [-0.3, -0.25) is 9.59 Å². The minimum atomic E-state index is -0.507. The minimum Gasteiger partial charge on any atom is -0.497 e. The third kappa shape index (κ3) is 5.39. The van der Waals surface area contributed by atoms with E-state index in [1.54, 1.807) is 43.5 Å². The summed E-state index contributed by atoms with van der Waals surface area (Å²) >= 11 is 6.03. The third-order valence-electron chi connectivity index (χ3n) is 3.60. The van der Waals surface area contributed by atoms with Crippen LogP contribution in [0.15, 0.2) is 36.4 Å². The van der Waals surface area contributed by atoms with Crippen molar-refractivity contribution in [2.24, 2.45) is 0 Å². The van der Waals surface area contributed by atoms with Crippen LogP contribution in [0.1, 0.15) is 11.1 Å². The molecule has 26 heavy (non-hydrogen) atoms. The van der Waals surface area contributed by atoms with Gasteiger partial charge in [-0.1, -0.05) is 23.7 Å². The molecule has 0 saturated heterocycles. The Morgan fingerprint density at radius 2 is 1.88 bits per heavy atom. The SMILES string of the molecule is COc1cccc(CC(=O)OCC(=O)Nc2cc(C)c(Cl)cc2OC)c1. The fourth-order valence-electron chi connectivity index (χ4n) is 2.26. The molecule has 0 aromatic heterocycles. The number of hydrogen-bond acceptors (Lipinski definition) is 5. The van der Waals surface area contributed by atoms with E-state index in [0.717, 1.165) is 11.1 Å². The van der Waals surface area contributed by atoms with E-state index in [1.165, 1.54) is 7.11 Å². The summed E-state index contributed by atoms with van der Waals surface area (Å²) in [5, 5.41) is 3.18. The summed E-state index contributed by atoms with van der Waals surface area (Å²) in [6.45, 7) is 1.42. The van der Waals surface area contributed by atoms with Gasteiger partial charge in [-0.15, -0.1) is 0 Å². The fourth-order valence-corrected chi connectivity index (χ4v) is 2.42. The molecule has 138 valence electrons. The number of halogens is 1. The molecular weight excluding hydrogens is 358 g/mol. The second-order valence-electron chi connectivity index (χ2n) is 5.54. The van der Waals surface area contributed by atoms with Crippen molar-refractivity contribution in [2.75, 3.05) is 26.1 Å². The van der Waals surface area contributed by atoms with Gasteiger partial charge in [0, 0.05) is 11.1 Å². The molecule has 0 atom stereocenters. The molecule has 0 aliphatic carbocycles. The summed E-state index contributed by atoms with van der Waals surface area (Å²) in [5.41, 5.74) is 1.99. The van der Waals surface area contributed by atoms with Crippen molar-refractivity contribution in [1.82, 2.24) is 0 Å². The summed E-state index contributed by atoms with van der Waals surface area (Å²) in [6.07, 6.45) is 0.0495. The molecule has 1 amide bonds. The van der Waals surface area contributed by atoms with Gasteiger partial charge in [0.2, 0.25) is 0 Å². The van der Waals surface area contributed by atoms with Gasteiger partial charge >= 0.3 is 5.97 Å². The number of aryl methyl sites for hydroxylation is 1. The average Bonchev–Trinajstić information content (AvgIpc) is 2.63. The summed E-state index contributed by atoms with van der Waals surface area (Å²) in [7, 11) is 3.03. The van der Waals surface area contributed by atoms with Crippen molar-refractivity contribution in [3.63, 3.8) is 0 Å². The monoisotopic (exact) mass is 377 g/mol. The molecule has 0 saturated carbocycles. The Morgan fingerprint density at radius 1 is 1.12 bits per heavy atom. The number of amides is 1. The minimum absolute atomic E-state index is 0.0495. The molecule has 7 heteroatoms. The normalized spacial score (nSPS) is 10.2. The Kier molecular flexibility index (Phi) is 6.86. The number of methoxy groups -OCH3 is 2. The molecule has 2 rings (SSSR count). The molecule has 0 bridgehead atoms. The Hall–Kier alpha value is -2.73.